The van der Waals surface area contributed by atoms with E-state index < -0.39 is 0 Å². The van der Waals surface area contributed by atoms with Crippen molar-refractivity contribution in [3.05, 3.63) is 65.1 Å². The maximum Gasteiger partial charge on any atom is 0.338 e. The van der Waals surface area contributed by atoms with Gasteiger partial charge < -0.3 is 14.2 Å². The molecule has 134 valence electrons. The molecule has 0 spiro atoms. The molecule has 0 fully saturated rings. The Bertz CT molecular complexity index is 947. The Morgan fingerprint density at radius 1 is 1.23 bits per heavy atom. The molecular formula is C21H23N3O2. The van der Waals surface area contributed by atoms with E-state index in [4.69, 9.17) is 4.74 Å². The molecule has 0 saturated carbocycles. The summed E-state index contributed by atoms with van der Waals surface area (Å²) in [6.07, 6.45) is 4.68. The van der Waals surface area contributed by atoms with Crippen LogP contribution in [0.1, 0.15) is 34.1 Å². The molecule has 1 aliphatic rings. The average molecular weight is 349 g/mol. The monoisotopic (exact) mass is 349 g/mol. The summed E-state index contributed by atoms with van der Waals surface area (Å²) >= 11 is 0. The molecule has 0 bridgehead atoms. The van der Waals surface area contributed by atoms with E-state index >= 15 is 0 Å². The molecule has 5 nitrogen and oxygen atoms in total. The van der Waals surface area contributed by atoms with Crippen molar-refractivity contribution in [1.82, 2.24) is 14.5 Å². The lowest BCUT2D eigenvalue weighted by atomic mass is 10.0. The highest BCUT2D eigenvalue weighted by molar-refractivity contribution is 5.96. The standard InChI is InChI=1S/C21H23N3O2/c1-3-26-21(25)16-4-5-19-17(12-16)18-14-23(2)11-8-20(18)24(19)13-15-6-9-22-10-7-15/h4-7,9-10,12H,3,8,11,13-14H2,1-2H3. The molecule has 26 heavy (non-hydrogen) atoms. The fourth-order valence-electron chi connectivity index (χ4n) is 3.78. The van der Waals surface area contributed by atoms with Crippen molar-refractivity contribution in [3.63, 3.8) is 0 Å². The van der Waals surface area contributed by atoms with Crippen LogP contribution in [0.3, 0.4) is 0 Å². The summed E-state index contributed by atoms with van der Waals surface area (Å²) in [5, 5.41) is 1.16. The van der Waals surface area contributed by atoms with Crippen LogP contribution >= 0.6 is 0 Å². The topological polar surface area (TPSA) is 47.4 Å². The Kier molecular flexibility index (Phi) is 4.47. The summed E-state index contributed by atoms with van der Waals surface area (Å²) in [7, 11) is 2.14. The SMILES string of the molecule is CCOC(=O)c1ccc2c(c1)c1c(n2Cc2ccncc2)CCN(C)C1. The number of hydrogen-bond donors (Lipinski definition) is 0. The number of pyridine rings is 1. The van der Waals surface area contributed by atoms with E-state index in [9.17, 15) is 4.79 Å². The van der Waals surface area contributed by atoms with Crippen LogP contribution in [0.2, 0.25) is 0 Å². The zero-order valence-electron chi connectivity index (χ0n) is 15.2. The van der Waals surface area contributed by atoms with Crippen molar-refractivity contribution in [1.29, 1.82) is 0 Å². The van der Waals surface area contributed by atoms with Crippen LogP contribution in [0.5, 0.6) is 0 Å². The summed E-state index contributed by atoms with van der Waals surface area (Å²) in [5.74, 6) is -0.255. The second kappa shape index (κ2) is 6.92. The lowest BCUT2D eigenvalue weighted by molar-refractivity contribution is 0.0526. The Morgan fingerprint density at radius 3 is 2.81 bits per heavy atom. The van der Waals surface area contributed by atoms with Crippen LogP contribution in [-0.4, -0.2) is 40.6 Å². The van der Waals surface area contributed by atoms with Gasteiger partial charge in [0.1, 0.15) is 0 Å². The lowest BCUT2D eigenvalue weighted by Crippen LogP contribution is -2.27. The van der Waals surface area contributed by atoms with Crippen LogP contribution in [0.15, 0.2) is 42.7 Å². The third-order valence-electron chi connectivity index (χ3n) is 5.05. The first-order valence-corrected chi connectivity index (χ1v) is 9.06. The molecule has 4 rings (SSSR count). The minimum atomic E-state index is -0.255. The average Bonchev–Trinajstić information content (AvgIpc) is 2.95. The van der Waals surface area contributed by atoms with Gasteiger partial charge >= 0.3 is 5.97 Å². The molecule has 5 heteroatoms. The molecule has 2 aromatic heterocycles. The number of ether oxygens (including phenoxy) is 1. The largest absolute Gasteiger partial charge is 0.462 e. The fraction of sp³-hybridized carbons (Fsp3) is 0.333. The molecular weight excluding hydrogens is 326 g/mol. The normalized spacial score (nSPS) is 14.4. The van der Waals surface area contributed by atoms with E-state index in [1.807, 2.05) is 31.5 Å². The zero-order valence-corrected chi connectivity index (χ0v) is 15.2. The Hall–Kier alpha value is -2.66. The Labute approximate surface area is 153 Å². The van der Waals surface area contributed by atoms with E-state index in [1.165, 1.54) is 22.3 Å². The number of rotatable bonds is 4. The highest BCUT2D eigenvalue weighted by Crippen LogP contribution is 2.32. The third-order valence-corrected chi connectivity index (χ3v) is 5.05. The number of esters is 1. The third kappa shape index (κ3) is 2.99. The van der Waals surface area contributed by atoms with E-state index in [0.29, 0.717) is 12.2 Å². The molecule has 0 radical (unpaired) electrons. The number of benzene rings is 1. The van der Waals surface area contributed by atoms with Gasteiger partial charge in [-0.15, -0.1) is 0 Å². The fourth-order valence-corrected chi connectivity index (χ4v) is 3.78. The quantitative estimate of drug-likeness (QED) is 0.679. The predicted octanol–water partition coefficient (Wildman–Crippen LogP) is 3.25. The summed E-state index contributed by atoms with van der Waals surface area (Å²) in [5.41, 5.74) is 5.73. The van der Waals surface area contributed by atoms with Gasteiger partial charge in [0, 0.05) is 55.0 Å². The lowest BCUT2D eigenvalue weighted by Gasteiger charge is -2.24. The van der Waals surface area contributed by atoms with Crippen molar-refractivity contribution in [2.24, 2.45) is 0 Å². The van der Waals surface area contributed by atoms with Crippen LogP contribution in [-0.2, 0) is 24.2 Å². The number of nitrogens with zero attached hydrogens (tertiary/aromatic N) is 3. The first kappa shape index (κ1) is 16.8. The molecule has 3 heterocycles. The highest BCUT2D eigenvalue weighted by Gasteiger charge is 2.23. The summed E-state index contributed by atoms with van der Waals surface area (Å²) < 4.78 is 7.57. The van der Waals surface area contributed by atoms with E-state index in [1.54, 1.807) is 0 Å². The molecule has 0 N–H and O–H groups in total. The van der Waals surface area contributed by atoms with Crippen LogP contribution < -0.4 is 0 Å². The van der Waals surface area contributed by atoms with Gasteiger partial charge in [0.05, 0.1) is 12.2 Å². The Balaban J connectivity index is 1.84. The van der Waals surface area contributed by atoms with Crippen LogP contribution in [0.4, 0.5) is 0 Å². The predicted molar refractivity (Wildman–Crippen MR) is 101 cm³/mol. The first-order valence-electron chi connectivity index (χ1n) is 9.06. The molecule has 3 aromatic rings. The molecule has 1 aliphatic heterocycles. The molecule has 0 amide bonds. The number of hydrogen-bond acceptors (Lipinski definition) is 4. The molecule has 0 saturated heterocycles. The number of aromatic nitrogens is 2. The molecule has 0 atom stereocenters. The maximum absolute atomic E-state index is 12.2. The Morgan fingerprint density at radius 2 is 2.04 bits per heavy atom. The first-order chi connectivity index (χ1) is 12.7. The smallest absolute Gasteiger partial charge is 0.338 e. The minimum Gasteiger partial charge on any atom is -0.462 e. The van der Waals surface area contributed by atoms with E-state index in [-0.39, 0.29) is 5.97 Å². The van der Waals surface area contributed by atoms with Crippen molar-refractivity contribution >= 4 is 16.9 Å². The van der Waals surface area contributed by atoms with Crippen LogP contribution in [0.25, 0.3) is 10.9 Å². The second-order valence-corrected chi connectivity index (χ2v) is 6.81. The zero-order chi connectivity index (χ0) is 18.1. The maximum atomic E-state index is 12.2. The summed E-state index contributed by atoms with van der Waals surface area (Å²) in [6, 6.07) is 10.0. The molecule has 0 aliphatic carbocycles. The number of carbonyl (C=O) groups excluding carboxylic acids is 1. The highest BCUT2D eigenvalue weighted by atomic mass is 16.5. The van der Waals surface area contributed by atoms with Gasteiger partial charge in [-0.1, -0.05) is 0 Å². The second-order valence-electron chi connectivity index (χ2n) is 6.81. The van der Waals surface area contributed by atoms with Crippen LogP contribution in [0, 0.1) is 0 Å². The van der Waals surface area contributed by atoms with Gasteiger partial charge in [-0.25, -0.2) is 4.79 Å². The van der Waals surface area contributed by atoms with Gasteiger partial charge in [-0.3, -0.25) is 4.98 Å². The van der Waals surface area contributed by atoms with Crippen molar-refractivity contribution in [2.75, 3.05) is 20.2 Å². The summed E-state index contributed by atoms with van der Waals surface area (Å²) in [4.78, 5) is 18.6. The van der Waals surface area contributed by atoms with Gasteiger partial charge in [-0.2, -0.15) is 0 Å². The van der Waals surface area contributed by atoms with Gasteiger partial charge in [0.15, 0.2) is 0 Å². The summed E-state index contributed by atoms with van der Waals surface area (Å²) in [6.45, 7) is 4.99. The van der Waals surface area contributed by atoms with E-state index in [2.05, 4.69) is 39.7 Å². The molecule has 1 aromatic carbocycles. The van der Waals surface area contributed by atoms with Crippen molar-refractivity contribution in [2.45, 2.75) is 26.4 Å². The minimum absolute atomic E-state index is 0.255. The number of likely N-dealkylation sites (N-methyl/N-ethyl adjacent to an activating group) is 1. The van der Waals surface area contributed by atoms with Gasteiger partial charge in [0.2, 0.25) is 0 Å². The van der Waals surface area contributed by atoms with Crippen molar-refractivity contribution < 1.29 is 9.53 Å². The van der Waals surface area contributed by atoms with E-state index in [0.717, 1.165) is 31.4 Å². The van der Waals surface area contributed by atoms with Gasteiger partial charge in [-0.05, 0) is 55.4 Å². The number of fused-ring (bicyclic) bond motifs is 3. The van der Waals surface area contributed by atoms with Crippen molar-refractivity contribution in [3.8, 4) is 0 Å². The number of carbonyl (C=O) groups is 1. The molecule has 0 unspecified atom stereocenters. The van der Waals surface area contributed by atoms with Gasteiger partial charge in [0.25, 0.3) is 0 Å².